The average molecular weight is 444 g/mol. The molecule has 0 saturated heterocycles. The molecule has 1 fully saturated rings. The molecular formula is C20H16F4N8. The van der Waals surface area contributed by atoms with Gasteiger partial charge in [0.2, 0.25) is 11.9 Å². The van der Waals surface area contributed by atoms with Crippen LogP contribution in [0, 0.1) is 11.3 Å². The maximum absolute atomic E-state index is 13.7. The summed E-state index contributed by atoms with van der Waals surface area (Å²) in [6, 6.07) is 8.42. The summed E-state index contributed by atoms with van der Waals surface area (Å²) in [7, 11) is 0. The SMILES string of the molecule is CC(F)(F)c1cccc(-c2nc(Nc3ccnc(C#N)c3)nc(NC3CC(F)(F)C3)n2)n1. The topological polar surface area (TPSA) is 112 Å². The zero-order valence-corrected chi connectivity index (χ0v) is 16.7. The van der Waals surface area contributed by atoms with Gasteiger partial charge in [0.15, 0.2) is 5.82 Å². The van der Waals surface area contributed by atoms with E-state index < -0.39 is 23.6 Å². The Hall–Kier alpha value is -3.88. The normalized spacial score (nSPS) is 15.5. The number of alkyl halides is 4. The predicted molar refractivity (Wildman–Crippen MR) is 106 cm³/mol. The second-order valence-corrected chi connectivity index (χ2v) is 7.37. The predicted octanol–water partition coefficient (Wildman–Crippen LogP) is 4.27. The van der Waals surface area contributed by atoms with E-state index in [-0.39, 0.29) is 42.0 Å². The number of nitrogens with zero attached hydrogens (tertiary/aromatic N) is 6. The van der Waals surface area contributed by atoms with E-state index in [1.807, 2.05) is 6.07 Å². The number of hydrogen-bond acceptors (Lipinski definition) is 8. The molecule has 0 amide bonds. The Morgan fingerprint density at radius 3 is 2.53 bits per heavy atom. The van der Waals surface area contributed by atoms with E-state index in [9.17, 15) is 17.6 Å². The van der Waals surface area contributed by atoms with Gasteiger partial charge in [-0.25, -0.2) is 18.7 Å². The highest BCUT2D eigenvalue weighted by Crippen LogP contribution is 2.39. The van der Waals surface area contributed by atoms with Crippen molar-refractivity contribution in [1.82, 2.24) is 24.9 Å². The van der Waals surface area contributed by atoms with Crippen LogP contribution in [0.2, 0.25) is 0 Å². The second kappa shape index (κ2) is 7.99. The van der Waals surface area contributed by atoms with Crippen LogP contribution in [0.4, 0.5) is 35.1 Å². The van der Waals surface area contributed by atoms with Crippen molar-refractivity contribution in [2.45, 2.75) is 37.7 Å². The first-order valence-corrected chi connectivity index (χ1v) is 9.51. The third-order valence-electron chi connectivity index (χ3n) is 4.62. The molecule has 3 aromatic rings. The fourth-order valence-electron chi connectivity index (χ4n) is 3.06. The van der Waals surface area contributed by atoms with Crippen LogP contribution in [0.25, 0.3) is 11.5 Å². The minimum absolute atomic E-state index is 0.00846. The molecular weight excluding hydrogens is 428 g/mol. The first kappa shape index (κ1) is 21.4. The summed E-state index contributed by atoms with van der Waals surface area (Å²) >= 11 is 0. The Morgan fingerprint density at radius 2 is 1.84 bits per heavy atom. The molecule has 1 aliphatic rings. The lowest BCUT2D eigenvalue weighted by atomic mass is 9.88. The van der Waals surface area contributed by atoms with Crippen molar-refractivity contribution < 1.29 is 17.6 Å². The van der Waals surface area contributed by atoms with Gasteiger partial charge in [-0.3, -0.25) is 0 Å². The molecule has 8 nitrogen and oxygen atoms in total. The number of hydrogen-bond donors (Lipinski definition) is 2. The molecule has 164 valence electrons. The van der Waals surface area contributed by atoms with Crippen molar-refractivity contribution in [2.75, 3.05) is 10.6 Å². The van der Waals surface area contributed by atoms with Gasteiger partial charge in [-0.15, -0.1) is 0 Å². The maximum Gasteiger partial charge on any atom is 0.286 e. The Labute approximate surface area is 179 Å². The van der Waals surface area contributed by atoms with Crippen molar-refractivity contribution in [2.24, 2.45) is 0 Å². The summed E-state index contributed by atoms with van der Waals surface area (Å²) in [5.41, 5.74) is 0.185. The van der Waals surface area contributed by atoms with E-state index >= 15 is 0 Å². The van der Waals surface area contributed by atoms with Crippen molar-refractivity contribution in [3.05, 3.63) is 47.9 Å². The molecule has 1 aliphatic carbocycles. The summed E-state index contributed by atoms with van der Waals surface area (Å²) < 4.78 is 53.9. The Kier molecular flexibility index (Phi) is 5.33. The summed E-state index contributed by atoms with van der Waals surface area (Å²) in [5, 5.41) is 14.7. The molecule has 2 N–H and O–H groups in total. The molecule has 0 atom stereocenters. The van der Waals surface area contributed by atoms with Gasteiger partial charge >= 0.3 is 0 Å². The van der Waals surface area contributed by atoms with Crippen LogP contribution in [-0.4, -0.2) is 36.9 Å². The van der Waals surface area contributed by atoms with Crippen molar-refractivity contribution >= 4 is 17.6 Å². The minimum atomic E-state index is -3.17. The molecule has 0 aliphatic heterocycles. The highest BCUT2D eigenvalue weighted by Gasteiger charge is 2.45. The van der Waals surface area contributed by atoms with Gasteiger partial charge in [-0.2, -0.15) is 29.0 Å². The molecule has 4 rings (SSSR count). The molecule has 32 heavy (non-hydrogen) atoms. The molecule has 1 saturated carbocycles. The van der Waals surface area contributed by atoms with Gasteiger partial charge < -0.3 is 10.6 Å². The van der Waals surface area contributed by atoms with Crippen LogP contribution in [0.3, 0.4) is 0 Å². The fraction of sp³-hybridized carbons (Fsp3) is 0.300. The minimum Gasteiger partial charge on any atom is -0.351 e. The zero-order valence-electron chi connectivity index (χ0n) is 16.7. The van der Waals surface area contributed by atoms with Crippen LogP contribution in [-0.2, 0) is 5.92 Å². The molecule has 0 unspecified atom stereocenters. The first-order valence-electron chi connectivity index (χ1n) is 9.51. The monoisotopic (exact) mass is 444 g/mol. The molecule has 0 radical (unpaired) electrons. The van der Waals surface area contributed by atoms with E-state index in [2.05, 4.69) is 35.6 Å². The van der Waals surface area contributed by atoms with E-state index in [1.54, 1.807) is 6.07 Å². The first-order chi connectivity index (χ1) is 15.1. The lowest BCUT2D eigenvalue weighted by Crippen LogP contribution is -2.44. The molecule has 3 aromatic heterocycles. The number of nitrogens with one attached hydrogen (secondary N) is 2. The van der Waals surface area contributed by atoms with Gasteiger partial charge in [0.1, 0.15) is 23.2 Å². The van der Waals surface area contributed by atoms with E-state index in [0.717, 1.165) is 6.92 Å². The van der Waals surface area contributed by atoms with Crippen LogP contribution < -0.4 is 10.6 Å². The largest absolute Gasteiger partial charge is 0.351 e. The molecule has 0 bridgehead atoms. The summed E-state index contributed by atoms with van der Waals surface area (Å²) in [4.78, 5) is 20.4. The standard InChI is InChI=1S/C20H16F4N8/c1-19(21,22)15-4-2-3-14(29-15)16-30-17(27-11-5-6-26-12(7-11)10-25)32-18(31-16)28-13-8-20(23,24)9-13/h2-7,13H,8-9H2,1H3,(H2,26,27,28,30,31,32). The number of aromatic nitrogens is 5. The third-order valence-corrected chi connectivity index (χ3v) is 4.62. The lowest BCUT2D eigenvalue weighted by Gasteiger charge is -2.35. The summed E-state index contributed by atoms with van der Waals surface area (Å²) in [6.07, 6.45) is 0.665. The quantitative estimate of drug-likeness (QED) is 0.542. The fourth-order valence-corrected chi connectivity index (χ4v) is 3.06. The number of nitriles is 1. The summed E-state index contributed by atoms with van der Waals surface area (Å²) in [6.45, 7) is 0.722. The number of rotatable bonds is 6. The van der Waals surface area contributed by atoms with Crippen LogP contribution in [0.1, 0.15) is 31.2 Å². The van der Waals surface area contributed by atoms with Gasteiger partial charge in [-0.1, -0.05) is 6.07 Å². The smallest absolute Gasteiger partial charge is 0.286 e. The highest BCUT2D eigenvalue weighted by molar-refractivity contribution is 5.59. The number of anilines is 3. The van der Waals surface area contributed by atoms with Crippen molar-refractivity contribution in [1.29, 1.82) is 5.26 Å². The highest BCUT2D eigenvalue weighted by atomic mass is 19.3. The second-order valence-electron chi connectivity index (χ2n) is 7.37. The lowest BCUT2D eigenvalue weighted by molar-refractivity contribution is -0.0794. The zero-order chi connectivity index (χ0) is 22.9. The Balaban J connectivity index is 1.69. The van der Waals surface area contributed by atoms with E-state index in [1.165, 1.54) is 30.5 Å². The molecule has 3 heterocycles. The molecule has 12 heteroatoms. The van der Waals surface area contributed by atoms with E-state index in [0.29, 0.717) is 5.69 Å². The molecule has 0 aromatic carbocycles. The van der Waals surface area contributed by atoms with Gasteiger partial charge in [-0.05, 0) is 24.3 Å². The van der Waals surface area contributed by atoms with Gasteiger partial charge in [0.25, 0.3) is 11.8 Å². The average Bonchev–Trinajstić information content (AvgIpc) is 2.72. The van der Waals surface area contributed by atoms with Crippen LogP contribution in [0.15, 0.2) is 36.5 Å². The van der Waals surface area contributed by atoms with E-state index in [4.69, 9.17) is 5.26 Å². The van der Waals surface area contributed by atoms with Crippen molar-refractivity contribution in [3.8, 4) is 17.6 Å². The number of pyridine rings is 2. The third kappa shape index (κ3) is 4.88. The maximum atomic E-state index is 13.7. The van der Waals surface area contributed by atoms with Gasteiger partial charge in [0.05, 0.1) is 0 Å². The van der Waals surface area contributed by atoms with Crippen molar-refractivity contribution in [3.63, 3.8) is 0 Å². The molecule has 0 spiro atoms. The Morgan fingerprint density at radius 1 is 1.09 bits per heavy atom. The summed E-state index contributed by atoms with van der Waals surface area (Å²) in [5.74, 6) is -5.95. The Bertz CT molecular complexity index is 1180. The van der Waals surface area contributed by atoms with Crippen LogP contribution in [0.5, 0.6) is 0 Å². The number of halogens is 4. The van der Waals surface area contributed by atoms with Gasteiger partial charge in [0, 0.05) is 37.7 Å². The van der Waals surface area contributed by atoms with Crippen LogP contribution >= 0.6 is 0 Å².